The third-order valence-corrected chi connectivity index (χ3v) is 6.31. The Morgan fingerprint density at radius 3 is 2.38 bits per heavy atom. The van der Waals surface area contributed by atoms with Crippen LogP contribution in [0.4, 0.5) is 11.5 Å². The van der Waals surface area contributed by atoms with E-state index in [-0.39, 0.29) is 17.3 Å². The summed E-state index contributed by atoms with van der Waals surface area (Å²) in [5.41, 5.74) is 4.65. The Kier molecular flexibility index (Phi) is 6.90. The number of amides is 1. The topological polar surface area (TPSA) is 125 Å². The number of hydrogen-bond acceptors (Lipinski definition) is 7. The van der Waals surface area contributed by atoms with E-state index >= 15 is 0 Å². The number of carbonyl (C=O) groups excluding carboxylic acids is 1. The molecule has 0 saturated heterocycles. The zero-order valence-electron chi connectivity index (χ0n) is 18.3. The Morgan fingerprint density at radius 2 is 1.65 bits per heavy atom. The molecule has 0 unspecified atom stereocenters. The molecule has 0 fully saturated rings. The fourth-order valence-corrected chi connectivity index (χ4v) is 4.22. The number of anilines is 2. The maximum absolute atomic E-state index is 12.9. The van der Waals surface area contributed by atoms with Crippen LogP contribution in [-0.2, 0) is 14.8 Å². The number of aromatic nitrogens is 2. The first-order valence-corrected chi connectivity index (χ1v) is 11.9. The maximum atomic E-state index is 12.9. The Labute approximate surface area is 197 Å². The lowest BCUT2D eigenvalue weighted by atomic mass is 10.1. The van der Waals surface area contributed by atoms with Gasteiger partial charge in [0.1, 0.15) is 0 Å². The number of nitrogens with zero attached hydrogens (tertiary/aromatic N) is 3. The van der Waals surface area contributed by atoms with Crippen molar-refractivity contribution in [1.29, 1.82) is 0 Å². The van der Waals surface area contributed by atoms with Gasteiger partial charge in [-0.05, 0) is 29.8 Å². The second-order valence-electron chi connectivity index (χ2n) is 7.35. The van der Waals surface area contributed by atoms with E-state index < -0.39 is 10.0 Å². The van der Waals surface area contributed by atoms with Gasteiger partial charge in [0.15, 0.2) is 5.82 Å². The van der Waals surface area contributed by atoms with Crippen LogP contribution in [0.15, 0.2) is 95.1 Å². The van der Waals surface area contributed by atoms with E-state index in [1.807, 2.05) is 54.6 Å². The van der Waals surface area contributed by atoms with E-state index in [1.165, 1.54) is 31.2 Å². The minimum Gasteiger partial charge on any atom is -0.326 e. The van der Waals surface area contributed by atoms with Crippen molar-refractivity contribution in [1.82, 2.24) is 14.9 Å². The van der Waals surface area contributed by atoms with Gasteiger partial charge in [0, 0.05) is 23.4 Å². The molecule has 0 bridgehead atoms. The normalized spacial score (nSPS) is 11.9. The molecule has 0 radical (unpaired) electrons. The van der Waals surface area contributed by atoms with Crippen molar-refractivity contribution >= 4 is 43.9 Å². The summed E-state index contributed by atoms with van der Waals surface area (Å²) >= 11 is 0. The van der Waals surface area contributed by atoms with Crippen LogP contribution in [0.3, 0.4) is 0 Å². The van der Waals surface area contributed by atoms with Crippen LogP contribution in [0.1, 0.15) is 12.5 Å². The summed E-state index contributed by atoms with van der Waals surface area (Å²) in [5.74, 6) is 0.226. The highest BCUT2D eigenvalue weighted by molar-refractivity contribution is 7.89. The number of benzene rings is 3. The largest absolute Gasteiger partial charge is 0.326 e. The molecule has 1 aromatic heterocycles. The Hall–Kier alpha value is -4.15. The number of hydrazone groups is 1. The number of fused-ring (bicyclic) bond motifs is 1. The number of carbonyl (C=O) groups is 1. The van der Waals surface area contributed by atoms with Crippen molar-refractivity contribution in [3.63, 3.8) is 0 Å². The molecule has 3 aromatic carbocycles. The number of nitrogens with one attached hydrogen (secondary N) is 3. The summed E-state index contributed by atoms with van der Waals surface area (Å²) in [7, 11) is -3.83. The molecular weight excluding hydrogens is 452 g/mol. The minimum absolute atomic E-state index is 0.0645. The van der Waals surface area contributed by atoms with Gasteiger partial charge in [0.2, 0.25) is 15.9 Å². The van der Waals surface area contributed by atoms with Crippen LogP contribution in [0.2, 0.25) is 0 Å². The van der Waals surface area contributed by atoms with Crippen molar-refractivity contribution in [2.45, 2.75) is 11.8 Å². The second kappa shape index (κ2) is 10.2. The molecule has 0 aliphatic rings. The van der Waals surface area contributed by atoms with E-state index in [0.29, 0.717) is 17.2 Å². The number of rotatable bonds is 8. The van der Waals surface area contributed by atoms with Gasteiger partial charge in [0.05, 0.1) is 23.3 Å². The molecular formula is C24H22N6O3S. The molecule has 9 nitrogen and oxygen atoms in total. The summed E-state index contributed by atoms with van der Waals surface area (Å²) in [4.78, 5) is 11.2. The Morgan fingerprint density at radius 1 is 0.941 bits per heavy atom. The molecule has 0 atom stereocenters. The first kappa shape index (κ1) is 23.0. The Bertz CT molecular complexity index is 1430. The molecule has 4 aromatic rings. The van der Waals surface area contributed by atoms with Gasteiger partial charge in [-0.25, -0.2) is 13.1 Å². The molecule has 10 heteroatoms. The highest BCUT2D eigenvalue weighted by atomic mass is 32.2. The van der Waals surface area contributed by atoms with Crippen LogP contribution in [0, 0.1) is 0 Å². The van der Waals surface area contributed by atoms with Gasteiger partial charge < -0.3 is 5.32 Å². The fourth-order valence-electron chi connectivity index (χ4n) is 3.23. The van der Waals surface area contributed by atoms with Crippen LogP contribution in [-0.4, -0.2) is 36.8 Å². The van der Waals surface area contributed by atoms with E-state index in [0.717, 1.165) is 16.3 Å². The molecule has 0 aliphatic carbocycles. The minimum atomic E-state index is -3.83. The fraction of sp³-hybridized carbons (Fsp3) is 0.0833. The second-order valence-corrected chi connectivity index (χ2v) is 9.11. The maximum Gasteiger partial charge on any atom is 0.240 e. The molecule has 34 heavy (non-hydrogen) atoms. The van der Waals surface area contributed by atoms with Crippen molar-refractivity contribution in [2.24, 2.45) is 5.10 Å². The highest BCUT2D eigenvalue weighted by Gasteiger charge is 2.16. The highest BCUT2D eigenvalue weighted by Crippen LogP contribution is 2.19. The summed E-state index contributed by atoms with van der Waals surface area (Å²) in [6.07, 6.45) is 1.66. The predicted molar refractivity (Wildman–Crippen MR) is 132 cm³/mol. The predicted octanol–water partition coefficient (Wildman–Crippen LogP) is 3.38. The monoisotopic (exact) mass is 474 g/mol. The molecule has 0 saturated carbocycles. The standard InChI is InChI=1S/C24H22N6O3S/c1-17(31)27-20-11-13-21(14-12-20)34(32,33)26-16-23(18-7-3-2-4-8-18)28-30-24-22-10-6-5-9-19(22)15-25-29-24/h2-15,26H,16H2,1H3,(H,27,31)(H,29,30)/b28-23-. The van der Waals surface area contributed by atoms with E-state index in [9.17, 15) is 13.2 Å². The molecule has 1 heterocycles. The lowest BCUT2D eigenvalue weighted by molar-refractivity contribution is -0.114. The van der Waals surface area contributed by atoms with Gasteiger partial charge in [-0.1, -0.05) is 54.6 Å². The number of hydrogen-bond donors (Lipinski definition) is 3. The first-order valence-electron chi connectivity index (χ1n) is 10.4. The average Bonchev–Trinajstić information content (AvgIpc) is 2.84. The van der Waals surface area contributed by atoms with E-state index in [1.54, 1.807) is 6.20 Å². The summed E-state index contributed by atoms with van der Waals surface area (Å²) in [6.45, 7) is 1.32. The molecule has 1 amide bonds. The third kappa shape index (κ3) is 5.61. The lowest BCUT2D eigenvalue weighted by Crippen LogP contribution is -2.30. The molecule has 0 spiro atoms. The van der Waals surface area contributed by atoms with E-state index in [4.69, 9.17) is 0 Å². The van der Waals surface area contributed by atoms with E-state index in [2.05, 4.69) is 30.8 Å². The van der Waals surface area contributed by atoms with Gasteiger partial charge in [-0.15, -0.1) is 5.10 Å². The van der Waals surface area contributed by atoms with Gasteiger partial charge >= 0.3 is 0 Å². The van der Waals surface area contributed by atoms with Crippen LogP contribution in [0.5, 0.6) is 0 Å². The van der Waals surface area contributed by atoms with Crippen LogP contribution < -0.4 is 15.5 Å². The third-order valence-electron chi connectivity index (χ3n) is 4.89. The van der Waals surface area contributed by atoms with Crippen molar-refractivity contribution in [3.8, 4) is 0 Å². The van der Waals surface area contributed by atoms with Crippen LogP contribution >= 0.6 is 0 Å². The first-order chi connectivity index (χ1) is 16.4. The molecule has 3 N–H and O–H groups in total. The lowest BCUT2D eigenvalue weighted by Gasteiger charge is -2.11. The van der Waals surface area contributed by atoms with Crippen molar-refractivity contribution in [2.75, 3.05) is 17.3 Å². The van der Waals surface area contributed by atoms with Gasteiger partial charge in [0.25, 0.3) is 0 Å². The molecule has 0 aliphatic heterocycles. The van der Waals surface area contributed by atoms with Crippen LogP contribution in [0.25, 0.3) is 10.8 Å². The van der Waals surface area contributed by atoms with Gasteiger partial charge in [-0.2, -0.15) is 10.2 Å². The smallest absolute Gasteiger partial charge is 0.240 e. The zero-order chi connectivity index (χ0) is 24.0. The van der Waals surface area contributed by atoms with Crippen molar-refractivity contribution in [3.05, 3.63) is 90.6 Å². The zero-order valence-corrected chi connectivity index (χ0v) is 19.1. The summed E-state index contributed by atoms with van der Waals surface area (Å²) in [6, 6.07) is 22.8. The number of sulfonamides is 1. The quantitative estimate of drug-likeness (QED) is 0.266. The van der Waals surface area contributed by atoms with Crippen molar-refractivity contribution < 1.29 is 13.2 Å². The Balaban J connectivity index is 1.56. The molecule has 4 rings (SSSR count). The summed E-state index contributed by atoms with van der Waals surface area (Å²) in [5, 5.41) is 16.9. The average molecular weight is 475 g/mol. The van der Waals surface area contributed by atoms with Gasteiger partial charge in [-0.3, -0.25) is 10.2 Å². The molecule has 172 valence electrons. The SMILES string of the molecule is CC(=O)Nc1ccc(S(=O)(=O)NC/C(=N/Nc2nncc3ccccc23)c2ccccc2)cc1. The summed E-state index contributed by atoms with van der Waals surface area (Å²) < 4.78 is 28.3.